The SMILES string of the molecule is S=C=N[C@H]1CCC[C@H]1c1ccccc1. The zero-order valence-corrected chi connectivity index (χ0v) is 8.83. The highest BCUT2D eigenvalue weighted by Gasteiger charge is 2.27. The van der Waals surface area contributed by atoms with Gasteiger partial charge in [0.05, 0.1) is 11.2 Å². The summed E-state index contributed by atoms with van der Waals surface area (Å²) in [6.07, 6.45) is 3.64. The second-order valence-corrected chi connectivity index (χ2v) is 3.92. The summed E-state index contributed by atoms with van der Waals surface area (Å²) in [5.74, 6) is 0.562. The fourth-order valence-corrected chi connectivity index (χ4v) is 2.39. The van der Waals surface area contributed by atoms with Crippen LogP contribution < -0.4 is 0 Å². The number of isothiocyanates is 1. The van der Waals surface area contributed by atoms with Crippen molar-refractivity contribution >= 4 is 17.4 Å². The standard InChI is InChI=1S/C12H13NS/c14-9-13-12-8-4-7-11(12)10-5-2-1-3-6-10/h1-3,5-6,11-12H,4,7-8H2/t11-,12-/m0/s1. The van der Waals surface area contributed by atoms with Gasteiger partial charge in [-0.15, -0.1) is 0 Å². The van der Waals surface area contributed by atoms with E-state index in [1.54, 1.807) is 0 Å². The quantitative estimate of drug-likeness (QED) is 0.530. The molecule has 0 bridgehead atoms. The van der Waals surface area contributed by atoms with Crippen LogP contribution in [0, 0.1) is 0 Å². The van der Waals surface area contributed by atoms with Gasteiger partial charge in [-0.05, 0) is 30.6 Å². The highest BCUT2D eigenvalue weighted by atomic mass is 32.1. The second kappa shape index (κ2) is 4.50. The minimum atomic E-state index is 0.370. The van der Waals surface area contributed by atoms with Crippen LogP contribution in [0.15, 0.2) is 35.3 Å². The van der Waals surface area contributed by atoms with E-state index in [2.05, 4.69) is 52.7 Å². The number of hydrogen-bond donors (Lipinski definition) is 0. The summed E-state index contributed by atoms with van der Waals surface area (Å²) in [6, 6.07) is 11.0. The zero-order valence-electron chi connectivity index (χ0n) is 8.02. The molecule has 72 valence electrons. The molecule has 14 heavy (non-hydrogen) atoms. The van der Waals surface area contributed by atoms with E-state index in [1.165, 1.54) is 18.4 Å². The molecule has 1 saturated carbocycles. The van der Waals surface area contributed by atoms with Gasteiger partial charge < -0.3 is 0 Å². The lowest BCUT2D eigenvalue weighted by molar-refractivity contribution is 0.619. The molecule has 2 heteroatoms. The van der Waals surface area contributed by atoms with Crippen LogP contribution in [0.2, 0.25) is 0 Å². The third-order valence-corrected chi connectivity index (χ3v) is 3.03. The van der Waals surface area contributed by atoms with E-state index in [-0.39, 0.29) is 0 Å². The first-order chi connectivity index (χ1) is 6.92. The molecule has 1 aromatic rings. The van der Waals surface area contributed by atoms with Crippen LogP contribution in [0.1, 0.15) is 30.7 Å². The molecule has 0 N–H and O–H groups in total. The largest absolute Gasteiger partial charge is 0.229 e. The minimum Gasteiger partial charge on any atom is -0.229 e. The fourth-order valence-electron chi connectivity index (χ4n) is 2.25. The first-order valence-electron chi connectivity index (χ1n) is 5.04. The Kier molecular flexibility index (Phi) is 3.07. The maximum atomic E-state index is 4.67. The van der Waals surface area contributed by atoms with E-state index in [1.807, 2.05) is 0 Å². The van der Waals surface area contributed by atoms with Gasteiger partial charge >= 0.3 is 0 Å². The lowest BCUT2D eigenvalue weighted by atomic mass is 9.95. The van der Waals surface area contributed by atoms with Crippen molar-refractivity contribution in [3.63, 3.8) is 0 Å². The van der Waals surface area contributed by atoms with Gasteiger partial charge in [-0.2, -0.15) is 0 Å². The van der Waals surface area contributed by atoms with Crippen molar-refractivity contribution in [1.82, 2.24) is 0 Å². The average molecular weight is 203 g/mol. The first kappa shape index (κ1) is 9.57. The van der Waals surface area contributed by atoms with E-state index < -0.39 is 0 Å². The van der Waals surface area contributed by atoms with Gasteiger partial charge in [-0.1, -0.05) is 36.8 Å². The molecule has 0 heterocycles. The van der Waals surface area contributed by atoms with Gasteiger partial charge in [0.25, 0.3) is 0 Å². The number of aliphatic imine (C=N–C) groups is 1. The molecule has 0 spiro atoms. The van der Waals surface area contributed by atoms with Gasteiger partial charge in [0.2, 0.25) is 0 Å². The lowest BCUT2D eigenvalue weighted by Gasteiger charge is -2.14. The predicted octanol–water partition coefficient (Wildman–Crippen LogP) is 3.43. The van der Waals surface area contributed by atoms with Crippen molar-refractivity contribution in [3.8, 4) is 0 Å². The molecule has 1 aliphatic carbocycles. The molecular weight excluding hydrogens is 190 g/mol. The Morgan fingerprint density at radius 3 is 2.71 bits per heavy atom. The Morgan fingerprint density at radius 2 is 2.00 bits per heavy atom. The van der Waals surface area contributed by atoms with Crippen LogP contribution in [0.4, 0.5) is 0 Å². The van der Waals surface area contributed by atoms with Crippen LogP contribution in [-0.2, 0) is 0 Å². The third kappa shape index (κ3) is 1.92. The summed E-state index contributed by atoms with van der Waals surface area (Å²) in [5, 5.41) is 2.52. The topological polar surface area (TPSA) is 12.4 Å². The summed E-state index contributed by atoms with van der Waals surface area (Å²) in [4.78, 5) is 4.25. The predicted molar refractivity (Wildman–Crippen MR) is 61.8 cm³/mol. The molecule has 0 aromatic heterocycles. The molecule has 0 amide bonds. The first-order valence-corrected chi connectivity index (χ1v) is 5.44. The molecule has 1 aromatic carbocycles. The van der Waals surface area contributed by atoms with Gasteiger partial charge in [0.15, 0.2) is 0 Å². The zero-order chi connectivity index (χ0) is 9.80. The summed E-state index contributed by atoms with van der Waals surface area (Å²) < 4.78 is 0. The van der Waals surface area contributed by atoms with E-state index in [9.17, 15) is 0 Å². The molecule has 2 rings (SSSR count). The number of benzene rings is 1. The van der Waals surface area contributed by atoms with Crippen LogP contribution >= 0.6 is 12.2 Å². The van der Waals surface area contributed by atoms with E-state index in [0.29, 0.717) is 12.0 Å². The number of rotatable bonds is 2. The highest BCUT2D eigenvalue weighted by Crippen LogP contribution is 2.36. The number of hydrogen-bond acceptors (Lipinski definition) is 2. The minimum absolute atomic E-state index is 0.370. The smallest absolute Gasteiger partial charge is 0.0671 e. The fraction of sp³-hybridized carbons (Fsp3) is 0.417. The summed E-state index contributed by atoms with van der Waals surface area (Å²) in [6.45, 7) is 0. The maximum absolute atomic E-state index is 4.67. The van der Waals surface area contributed by atoms with E-state index >= 15 is 0 Å². The summed E-state index contributed by atoms with van der Waals surface area (Å²) in [5.41, 5.74) is 1.39. The Morgan fingerprint density at radius 1 is 1.21 bits per heavy atom. The molecule has 0 aliphatic heterocycles. The van der Waals surface area contributed by atoms with Crippen LogP contribution in [0.5, 0.6) is 0 Å². The Balaban J connectivity index is 2.21. The van der Waals surface area contributed by atoms with Crippen molar-refractivity contribution in [2.75, 3.05) is 0 Å². The van der Waals surface area contributed by atoms with Crippen LogP contribution in [0.3, 0.4) is 0 Å². The van der Waals surface area contributed by atoms with E-state index in [0.717, 1.165) is 6.42 Å². The van der Waals surface area contributed by atoms with Crippen molar-refractivity contribution in [2.45, 2.75) is 31.2 Å². The Bertz CT molecular complexity index is 341. The van der Waals surface area contributed by atoms with Gasteiger partial charge in [0, 0.05) is 5.92 Å². The third-order valence-electron chi connectivity index (χ3n) is 2.93. The van der Waals surface area contributed by atoms with Gasteiger partial charge in [0.1, 0.15) is 0 Å². The molecule has 0 saturated heterocycles. The highest BCUT2D eigenvalue weighted by molar-refractivity contribution is 7.78. The van der Waals surface area contributed by atoms with Crippen LogP contribution in [-0.4, -0.2) is 11.2 Å². The number of nitrogens with zero attached hydrogens (tertiary/aromatic N) is 1. The van der Waals surface area contributed by atoms with Crippen molar-refractivity contribution < 1.29 is 0 Å². The Labute approximate surface area is 89.9 Å². The summed E-state index contributed by atoms with van der Waals surface area (Å²) >= 11 is 4.67. The molecule has 2 atom stereocenters. The number of thiocarbonyl (C=S) groups is 1. The van der Waals surface area contributed by atoms with Crippen molar-refractivity contribution in [1.29, 1.82) is 0 Å². The normalized spacial score (nSPS) is 25.7. The average Bonchev–Trinajstić information content (AvgIpc) is 2.68. The van der Waals surface area contributed by atoms with Crippen molar-refractivity contribution in [2.24, 2.45) is 4.99 Å². The molecule has 0 radical (unpaired) electrons. The van der Waals surface area contributed by atoms with Gasteiger partial charge in [-0.25, -0.2) is 4.99 Å². The molecular formula is C12H13NS. The maximum Gasteiger partial charge on any atom is 0.0671 e. The molecule has 0 unspecified atom stereocenters. The lowest BCUT2D eigenvalue weighted by Crippen LogP contribution is -2.08. The van der Waals surface area contributed by atoms with Gasteiger partial charge in [-0.3, -0.25) is 0 Å². The second-order valence-electron chi connectivity index (χ2n) is 3.74. The molecule has 1 aliphatic rings. The summed E-state index contributed by atoms with van der Waals surface area (Å²) in [7, 11) is 0. The van der Waals surface area contributed by atoms with E-state index in [4.69, 9.17) is 0 Å². The van der Waals surface area contributed by atoms with Crippen LogP contribution in [0.25, 0.3) is 0 Å². The van der Waals surface area contributed by atoms with Crippen molar-refractivity contribution in [3.05, 3.63) is 35.9 Å². The Hall–Kier alpha value is -0.980. The molecule has 1 nitrogen and oxygen atoms in total. The molecule has 1 fully saturated rings. The monoisotopic (exact) mass is 203 g/mol.